The molecule has 0 radical (unpaired) electrons. The summed E-state index contributed by atoms with van der Waals surface area (Å²) in [6, 6.07) is -2.59. The Kier molecular flexibility index (Phi) is 8.28. The van der Waals surface area contributed by atoms with E-state index in [9.17, 15) is 40.2 Å². The first-order valence-corrected chi connectivity index (χ1v) is 9.05. The van der Waals surface area contributed by atoms with Gasteiger partial charge in [0.15, 0.2) is 12.6 Å². The summed E-state index contributed by atoms with van der Waals surface area (Å²) in [4.78, 5) is 23.0. The third-order valence-electron chi connectivity index (χ3n) is 4.78. The molecule has 8 N–H and O–H groups in total. The van der Waals surface area contributed by atoms with Crippen molar-refractivity contribution in [2.75, 3.05) is 13.2 Å². The predicted molar refractivity (Wildman–Crippen MR) is 91.8 cm³/mol. The maximum absolute atomic E-state index is 11.5. The molecule has 0 spiro atoms. The average Bonchev–Trinajstić information content (AvgIpc) is 2.65. The molecule has 0 aromatic heterocycles. The van der Waals surface area contributed by atoms with Crippen LogP contribution < -0.4 is 10.6 Å². The van der Waals surface area contributed by atoms with Crippen molar-refractivity contribution in [2.24, 2.45) is 0 Å². The largest absolute Gasteiger partial charge is 0.394 e. The Hall–Kier alpha value is -1.42. The smallest absolute Gasteiger partial charge is 0.217 e. The SMILES string of the molecule is CC(=O)N[C@@H]1[C@@H](O[C@H]2O[C@H](CO)[C@H](O)[C@H](O)[C@H]2NC(C)=O)[C@H](O)[C@@H](CO)O[C@H]1O. The molecule has 2 aliphatic rings. The molecule has 0 aromatic carbocycles. The molecule has 13 nitrogen and oxygen atoms in total. The molecular weight excluding hydrogens is 396 g/mol. The van der Waals surface area contributed by atoms with E-state index in [2.05, 4.69) is 10.6 Å². The molecule has 168 valence electrons. The van der Waals surface area contributed by atoms with Crippen LogP contribution in [0.15, 0.2) is 0 Å². The quantitative estimate of drug-likeness (QED) is 0.202. The monoisotopic (exact) mass is 424 g/mol. The number of nitrogens with one attached hydrogen (secondary N) is 2. The summed E-state index contributed by atoms with van der Waals surface area (Å²) in [7, 11) is 0. The number of hydrogen-bond acceptors (Lipinski definition) is 11. The van der Waals surface area contributed by atoms with E-state index in [1.54, 1.807) is 0 Å². The Morgan fingerprint density at radius 1 is 0.828 bits per heavy atom. The standard InChI is InChI=1S/C16H28N2O11/c1-5(21)17-9-13(25)11(23)7(3-19)28-16(9)29-14-10(18-6(2)22)15(26)27-8(4-20)12(14)24/h7-16,19-20,23-26H,3-4H2,1-2H3,(H,17,21)(H,18,22)/t7-,8-,9-,10-,11+,12-,13-,14-,15-,16-/m1/s1. The summed E-state index contributed by atoms with van der Waals surface area (Å²) in [5.41, 5.74) is 0. The van der Waals surface area contributed by atoms with Gasteiger partial charge in [-0.15, -0.1) is 0 Å². The van der Waals surface area contributed by atoms with Crippen LogP contribution in [0.5, 0.6) is 0 Å². The normalized spacial score (nSPS) is 42.9. The van der Waals surface area contributed by atoms with Gasteiger partial charge in [-0.3, -0.25) is 9.59 Å². The number of ether oxygens (including phenoxy) is 3. The van der Waals surface area contributed by atoms with E-state index < -0.39 is 86.3 Å². The lowest BCUT2D eigenvalue weighted by molar-refractivity contribution is -0.323. The lowest BCUT2D eigenvalue weighted by Gasteiger charge is -2.47. The van der Waals surface area contributed by atoms with Crippen LogP contribution in [0.3, 0.4) is 0 Å². The van der Waals surface area contributed by atoms with Crippen LogP contribution in [-0.2, 0) is 23.8 Å². The molecule has 2 fully saturated rings. The number of amides is 2. The summed E-state index contributed by atoms with van der Waals surface area (Å²) in [5.74, 6) is -1.16. The van der Waals surface area contributed by atoms with Crippen LogP contribution in [0.4, 0.5) is 0 Å². The lowest BCUT2D eigenvalue weighted by Crippen LogP contribution is -2.69. The van der Waals surface area contributed by atoms with Gasteiger partial charge in [-0.1, -0.05) is 0 Å². The van der Waals surface area contributed by atoms with E-state index in [4.69, 9.17) is 14.2 Å². The van der Waals surface area contributed by atoms with Crippen molar-refractivity contribution in [3.8, 4) is 0 Å². The number of aliphatic hydroxyl groups excluding tert-OH is 6. The van der Waals surface area contributed by atoms with Crippen molar-refractivity contribution in [2.45, 2.75) is 75.1 Å². The first kappa shape index (κ1) is 23.9. The molecule has 2 amide bonds. The highest BCUT2D eigenvalue weighted by atomic mass is 16.7. The van der Waals surface area contributed by atoms with Crippen LogP contribution in [-0.4, -0.2) is 117 Å². The first-order valence-electron chi connectivity index (χ1n) is 9.05. The maximum Gasteiger partial charge on any atom is 0.217 e. The van der Waals surface area contributed by atoms with Crippen molar-refractivity contribution < 1.29 is 54.4 Å². The molecule has 0 saturated carbocycles. The summed E-state index contributed by atoms with van der Waals surface area (Å²) >= 11 is 0. The highest BCUT2D eigenvalue weighted by molar-refractivity contribution is 5.73. The molecule has 29 heavy (non-hydrogen) atoms. The van der Waals surface area contributed by atoms with Gasteiger partial charge in [-0.2, -0.15) is 0 Å². The molecule has 2 aliphatic heterocycles. The fourth-order valence-electron chi connectivity index (χ4n) is 3.38. The van der Waals surface area contributed by atoms with Crippen molar-refractivity contribution in [3.05, 3.63) is 0 Å². The van der Waals surface area contributed by atoms with Crippen LogP contribution >= 0.6 is 0 Å². The number of aliphatic hydroxyl groups is 6. The highest BCUT2D eigenvalue weighted by Gasteiger charge is 2.51. The summed E-state index contributed by atoms with van der Waals surface area (Å²) < 4.78 is 16.2. The summed E-state index contributed by atoms with van der Waals surface area (Å²) in [6.07, 6.45) is -11.8. The zero-order chi connectivity index (χ0) is 21.9. The number of rotatable bonds is 6. The van der Waals surface area contributed by atoms with Gasteiger partial charge in [0.25, 0.3) is 0 Å². The Balaban J connectivity index is 2.31. The van der Waals surface area contributed by atoms with E-state index in [-0.39, 0.29) is 0 Å². The van der Waals surface area contributed by atoms with Gasteiger partial charge >= 0.3 is 0 Å². The van der Waals surface area contributed by atoms with Crippen molar-refractivity contribution in [1.82, 2.24) is 10.6 Å². The molecule has 0 bridgehead atoms. The van der Waals surface area contributed by atoms with Gasteiger partial charge in [0.05, 0.1) is 13.2 Å². The van der Waals surface area contributed by atoms with Crippen molar-refractivity contribution in [1.29, 1.82) is 0 Å². The minimum absolute atomic E-state index is 0.576. The molecule has 0 aromatic rings. The topological polar surface area (TPSA) is 207 Å². The Morgan fingerprint density at radius 3 is 1.86 bits per heavy atom. The van der Waals surface area contributed by atoms with E-state index in [1.165, 1.54) is 0 Å². The summed E-state index contributed by atoms with van der Waals surface area (Å²) in [5, 5.41) is 64.5. The molecular formula is C16H28N2O11. The second-order valence-corrected chi connectivity index (χ2v) is 7.00. The second-order valence-electron chi connectivity index (χ2n) is 7.00. The molecule has 0 aliphatic carbocycles. The number of hydrogen-bond donors (Lipinski definition) is 8. The second kappa shape index (κ2) is 10.1. The lowest BCUT2D eigenvalue weighted by atomic mass is 9.94. The van der Waals surface area contributed by atoms with Gasteiger partial charge in [-0.05, 0) is 0 Å². The van der Waals surface area contributed by atoms with E-state index in [1.807, 2.05) is 0 Å². The minimum Gasteiger partial charge on any atom is -0.394 e. The minimum atomic E-state index is -1.66. The van der Waals surface area contributed by atoms with Crippen LogP contribution in [0.2, 0.25) is 0 Å². The van der Waals surface area contributed by atoms with Gasteiger partial charge in [-0.25, -0.2) is 0 Å². The fraction of sp³-hybridized carbons (Fsp3) is 0.875. The average molecular weight is 424 g/mol. The van der Waals surface area contributed by atoms with Gasteiger partial charge < -0.3 is 55.5 Å². The number of carbonyl (C=O) groups is 2. The van der Waals surface area contributed by atoms with Gasteiger partial charge in [0.1, 0.15) is 48.7 Å². The van der Waals surface area contributed by atoms with Crippen molar-refractivity contribution in [3.63, 3.8) is 0 Å². The Morgan fingerprint density at radius 2 is 1.34 bits per heavy atom. The zero-order valence-electron chi connectivity index (χ0n) is 15.9. The predicted octanol–water partition coefficient (Wildman–Crippen LogP) is -5.11. The third-order valence-corrected chi connectivity index (χ3v) is 4.78. The van der Waals surface area contributed by atoms with Crippen molar-refractivity contribution >= 4 is 11.8 Å². The van der Waals surface area contributed by atoms with Crippen LogP contribution in [0.25, 0.3) is 0 Å². The molecule has 13 heteroatoms. The summed E-state index contributed by atoms with van der Waals surface area (Å²) in [6.45, 7) is 0.959. The van der Waals surface area contributed by atoms with E-state index in [0.717, 1.165) is 13.8 Å². The molecule has 10 atom stereocenters. The third kappa shape index (κ3) is 5.39. The number of carbonyl (C=O) groups excluding carboxylic acids is 2. The Labute approximate surface area is 166 Å². The fourth-order valence-corrected chi connectivity index (χ4v) is 3.38. The Bertz CT molecular complexity index is 579. The van der Waals surface area contributed by atoms with Crippen LogP contribution in [0, 0.1) is 0 Å². The van der Waals surface area contributed by atoms with Crippen LogP contribution in [0.1, 0.15) is 13.8 Å². The molecule has 2 heterocycles. The molecule has 0 unspecified atom stereocenters. The molecule has 2 saturated heterocycles. The maximum atomic E-state index is 11.5. The highest BCUT2D eigenvalue weighted by Crippen LogP contribution is 2.28. The van der Waals surface area contributed by atoms with E-state index in [0.29, 0.717) is 0 Å². The van der Waals surface area contributed by atoms with Gasteiger partial charge in [0, 0.05) is 13.8 Å². The van der Waals surface area contributed by atoms with Gasteiger partial charge in [0.2, 0.25) is 11.8 Å². The first-order chi connectivity index (χ1) is 13.6. The van der Waals surface area contributed by atoms with E-state index >= 15 is 0 Å². The zero-order valence-corrected chi connectivity index (χ0v) is 15.9. The molecule has 2 rings (SSSR count).